The minimum Gasteiger partial charge on any atom is -0.465 e. The molecule has 4 rings (SSSR count). The Kier molecular flexibility index (Phi) is 3.57. The molecule has 138 valence electrons. The molecule has 0 fully saturated rings. The number of fused-ring (bicyclic) bond motifs is 4. The van der Waals surface area contributed by atoms with Crippen molar-refractivity contribution in [3.05, 3.63) is 68.1 Å². The molecule has 3 heterocycles. The third-order valence-electron chi connectivity index (χ3n) is 4.62. The Morgan fingerprint density at radius 1 is 1.30 bits per heavy atom. The molecule has 0 saturated carbocycles. The summed E-state index contributed by atoms with van der Waals surface area (Å²) in [5.41, 5.74) is 3.44. The molecule has 2 aromatic rings. The van der Waals surface area contributed by atoms with Gasteiger partial charge in [-0.25, -0.2) is 9.59 Å². The van der Waals surface area contributed by atoms with Gasteiger partial charge in [-0.05, 0) is 25.1 Å². The first kappa shape index (κ1) is 17.2. The van der Waals surface area contributed by atoms with Crippen molar-refractivity contribution in [2.75, 3.05) is 12.4 Å². The van der Waals surface area contributed by atoms with E-state index in [0.29, 0.717) is 10.7 Å². The second-order valence-corrected chi connectivity index (χ2v) is 6.55. The van der Waals surface area contributed by atoms with Crippen molar-refractivity contribution in [2.24, 2.45) is 5.73 Å². The summed E-state index contributed by atoms with van der Waals surface area (Å²) in [5.74, 6) is -1.64. The molecule has 0 aliphatic carbocycles. The zero-order chi connectivity index (χ0) is 19.5. The van der Waals surface area contributed by atoms with Crippen molar-refractivity contribution >= 4 is 29.2 Å². The van der Waals surface area contributed by atoms with Crippen LogP contribution in [0.15, 0.2) is 44.9 Å². The molecule has 1 amide bonds. The number of hydrogen-bond acceptors (Lipinski definition) is 7. The Bertz CT molecular complexity index is 1120. The van der Waals surface area contributed by atoms with E-state index in [1.807, 2.05) is 0 Å². The lowest BCUT2D eigenvalue weighted by molar-refractivity contribution is -0.138. The fraction of sp³-hybridized carbons (Fsp3) is 0.167. The van der Waals surface area contributed by atoms with Gasteiger partial charge in [0.05, 0.1) is 7.11 Å². The summed E-state index contributed by atoms with van der Waals surface area (Å²) < 4.78 is 15.5. The van der Waals surface area contributed by atoms with E-state index in [1.165, 1.54) is 12.1 Å². The summed E-state index contributed by atoms with van der Waals surface area (Å²) in [4.78, 5) is 38.6. The van der Waals surface area contributed by atoms with Gasteiger partial charge in [-0.15, -0.1) is 0 Å². The van der Waals surface area contributed by atoms with E-state index >= 15 is 0 Å². The summed E-state index contributed by atoms with van der Waals surface area (Å²) >= 11 is 6.13. The highest BCUT2D eigenvalue weighted by atomic mass is 35.5. The van der Waals surface area contributed by atoms with Crippen LogP contribution in [-0.2, 0) is 19.7 Å². The molecule has 0 radical (unpaired) electrons. The van der Waals surface area contributed by atoms with Crippen LogP contribution >= 0.6 is 11.6 Å². The SMILES string of the molecule is COC(=O)C1=C(N)Oc2cc(C)oc(=O)c2C12C(=O)Nc1ccc(Cl)cc12. The number of amides is 1. The molecule has 1 aromatic carbocycles. The number of halogens is 1. The average molecular weight is 389 g/mol. The van der Waals surface area contributed by atoms with Gasteiger partial charge in [0.15, 0.2) is 0 Å². The van der Waals surface area contributed by atoms with E-state index in [4.69, 9.17) is 31.2 Å². The fourth-order valence-electron chi connectivity index (χ4n) is 3.61. The molecule has 8 nitrogen and oxygen atoms in total. The van der Waals surface area contributed by atoms with Crippen LogP contribution in [0.25, 0.3) is 0 Å². The zero-order valence-electron chi connectivity index (χ0n) is 14.2. The Morgan fingerprint density at radius 2 is 2.04 bits per heavy atom. The van der Waals surface area contributed by atoms with E-state index in [2.05, 4.69) is 5.32 Å². The van der Waals surface area contributed by atoms with Crippen LogP contribution in [0.4, 0.5) is 5.69 Å². The highest BCUT2D eigenvalue weighted by Gasteiger charge is 2.60. The van der Waals surface area contributed by atoms with E-state index < -0.39 is 22.9 Å². The normalized spacial score (nSPS) is 20.0. The molecular weight excluding hydrogens is 376 g/mol. The van der Waals surface area contributed by atoms with Crippen LogP contribution in [0, 0.1) is 6.92 Å². The number of carbonyl (C=O) groups excluding carboxylic acids is 2. The molecule has 1 atom stereocenters. The molecule has 27 heavy (non-hydrogen) atoms. The van der Waals surface area contributed by atoms with E-state index in [0.717, 1.165) is 7.11 Å². The second-order valence-electron chi connectivity index (χ2n) is 6.11. The van der Waals surface area contributed by atoms with Crippen molar-refractivity contribution < 1.29 is 23.5 Å². The van der Waals surface area contributed by atoms with Crippen LogP contribution in [0.2, 0.25) is 5.02 Å². The summed E-state index contributed by atoms with van der Waals surface area (Å²) in [5, 5.41) is 2.97. The first-order valence-corrected chi connectivity index (χ1v) is 8.21. The highest BCUT2D eigenvalue weighted by molar-refractivity contribution is 6.31. The molecular formula is C18H13ClN2O6. The number of ether oxygens (including phenoxy) is 2. The van der Waals surface area contributed by atoms with Crippen molar-refractivity contribution in [1.82, 2.24) is 0 Å². The van der Waals surface area contributed by atoms with Gasteiger partial charge in [0, 0.05) is 22.3 Å². The number of nitrogens with two attached hydrogens (primary N) is 1. The predicted molar refractivity (Wildman–Crippen MR) is 94.4 cm³/mol. The van der Waals surface area contributed by atoms with Crippen molar-refractivity contribution in [2.45, 2.75) is 12.3 Å². The Hall–Kier alpha value is -3.26. The standard InChI is InChI=1S/C18H13ClN2O6/c1-7-5-11-12(16(23)26-7)18(13(14(20)27-11)15(22)25-2)9-6-8(19)3-4-10(9)21-17(18)24/h3-6H,20H2,1-2H3,(H,21,24). The first-order chi connectivity index (χ1) is 12.8. The van der Waals surface area contributed by atoms with Gasteiger partial charge < -0.3 is 24.9 Å². The number of hydrogen-bond donors (Lipinski definition) is 2. The lowest BCUT2D eigenvalue weighted by Crippen LogP contribution is -2.48. The lowest BCUT2D eigenvalue weighted by atomic mass is 9.69. The molecule has 2 aliphatic rings. The molecule has 1 spiro atoms. The van der Waals surface area contributed by atoms with Gasteiger partial charge in [-0.1, -0.05) is 11.6 Å². The van der Waals surface area contributed by atoms with Crippen molar-refractivity contribution in [1.29, 1.82) is 0 Å². The average Bonchev–Trinajstić information content (AvgIpc) is 2.86. The number of anilines is 1. The second kappa shape index (κ2) is 5.62. The van der Waals surface area contributed by atoms with E-state index in [9.17, 15) is 14.4 Å². The monoisotopic (exact) mass is 388 g/mol. The smallest absolute Gasteiger partial charge is 0.344 e. The first-order valence-electron chi connectivity index (χ1n) is 7.83. The van der Waals surface area contributed by atoms with Gasteiger partial charge in [0.25, 0.3) is 0 Å². The van der Waals surface area contributed by atoms with Crippen LogP contribution < -0.4 is 21.4 Å². The minimum atomic E-state index is -1.90. The number of benzene rings is 1. The number of rotatable bonds is 1. The van der Waals surface area contributed by atoms with Gasteiger partial charge >= 0.3 is 11.6 Å². The van der Waals surface area contributed by atoms with E-state index in [-0.39, 0.29) is 34.1 Å². The van der Waals surface area contributed by atoms with E-state index in [1.54, 1.807) is 19.1 Å². The number of carbonyl (C=O) groups is 2. The maximum Gasteiger partial charge on any atom is 0.344 e. The highest BCUT2D eigenvalue weighted by Crippen LogP contribution is 2.53. The summed E-state index contributed by atoms with van der Waals surface area (Å²) in [6, 6.07) is 6.05. The molecule has 0 saturated heterocycles. The summed E-state index contributed by atoms with van der Waals surface area (Å²) in [7, 11) is 1.13. The molecule has 2 aliphatic heterocycles. The molecule has 0 bridgehead atoms. The van der Waals surface area contributed by atoms with Crippen LogP contribution in [-0.4, -0.2) is 19.0 Å². The van der Waals surface area contributed by atoms with Gasteiger partial charge in [0.2, 0.25) is 11.8 Å². The molecule has 1 aromatic heterocycles. The maximum absolute atomic E-state index is 13.2. The number of aryl methyl sites for hydroxylation is 1. The predicted octanol–water partition coefficient (Wildman–Crippen LogP) is 1.58. The zero-order valence-corrected chi connectivity index (χ0v) is 15.0. The van der Waals surface area contributed by atoms with Crippen molar-refractivity contribution in [3.8, 4) is 5.75 Å². The van der Waals surface area contributed by atoms with Crippen molar-refractivity contribution in [3.63, 3.8) is 0 Å². The van der Waals surface area contributed by atoms with Crippen LogP contribution in [0.3, 0.4) is 0 Å². The topological polar surface area (TPSA) is 121 Å². The summed E-state index contributed by atoms with van der Waals surface area (Å²) in [6.45, 7) is 1.55. The Balaban J connectivity index is 2.21. The Labute approximate surface area is 157 Å². The summed E-state index contributed by atoms with van der Waals surface area (Å²) in [6.07, 6.45) is 0. The third-order valence-corrected chi connectivity index (χ3v) is 4.85. The molecule has 9 heteroatoms. The number of esters is 1. The van der Waals surface area contributed by atoms with Crippen LogP contribution in [0.5, 0.6) is 5.75 Å². The molecule has 3 N–H and O–H groups in total. The lowest BCUT2D eigenvalue weighted by Gasteiger charge is -2.34. The van der Waals surface area contributed by atoms with Gasteiger partial charge in [-0.2, -0.15) is 0 Å². The maximum atomic E-state index is 13.2. The largest absolute Gasteiger partial charge is 0.465 e. The quantitative estimate of drug-likeness (QED) is 0.711. The molecule has 1 unspecified atom stereocenters. The number of methoxy groups -OCH3 is 1. The van der Waals surface area contributed by atoms with Gasteiger partial charge in [0.1, 0.15) is 28.1 Å². The minimum absolute atomic E-state index is 0.0249. The fourth-order valence-corrected chi connectivity index (χ4v) is 3.78. The Morgan fingerprint density at radius 3 is 2.74 bits per heavy atom. The van der Waals surface area contributed by atoms with Gasteiger partial charge in [-0.3, -0.25) is 4.79 Å². The number of nitrogens with one attached hydrogen (secondary N) is 1. The van der Waals surface area contributed by atoms with Crippen LogP contribution in [0.1, 0.15) is 16.9 Å². The third kappa shape index (κ3) is 2.13.